The number of aromatic nitrogens is 1. The maximum Gasteiger partial charge on any atom is 0.329 e. The summed E-state index contributed by atoms with van der Waals surface area (Å²) in [4.78, 5) is 43.3. The molecule has 0 spiro atoms. The maximum absolute atomic E-state index is 12.8. The van der Waals surface area contributed by atoms with Gasteiger partial charge in [-0.15, -0.1) is 0 Å². The number of anilines is 1. The van der Waals surface area contributed by atoms with Gasteiger partial charge in [-0.3, -0.25) is 14.5 Å². The van der Waals surface area contributed by atoms with E-state index in [0.29, 0.717) is 24.5 Å². The van der Waals surface area contributed by atoms with Crippen LogP contribution in [0.25, 0.3) is 0 Å². The SMILES string of the molecule is COc1ccc(N2C(=O)N[C@H](CC(=O)N3CCN(CCn4c(C)ccc4C)CC3)C2=O)cc1. The molecule has 0 aliphatic carbocycles. The second-order valence-electron chi connectivity index (χ2n) is 8.57. The highest BCUT2D eigenvalue weighted by Gasteiger charge is 2.40. The van der Waals surface area contributed by atoms with Crippen molar-refractivity contribution in [2.75, 3.05) is 44.7 Å². The minimum atomic E-state index is -0.843. The molecule has 0 saturated carbocycles. The minimum Gasteiger partial charge on any atom is -0.497 e. The second-order valence-corrected chi connectivity index (χ2v) is 8.57. The number of nitrogens with one attached hydrogen (secondary N) is 1. The number of hydrogen-bond donors (Lipinski definition) is 1. The molecule has 0 radical (unpaired) electrons. The molecule has 4 amide bonds. The number of methoxy groups -OCH3 is 1. The third kappa shape index (κ3) is 4.88. The fraction of sp³-hybridized carbons (Fsp3) is 0.458. The van der Waals surface area contributed by atoms with E-state index in [9.17, 15) is 14.4 Å². The van der Waals surface area contributed by atoms with Crippen molar-refractivity contribution in [2.24, 2.45) is 0 Å². The Balaban J connectivity index is 1.27. The zero-order chi connectivity index (χ0) is 23.5. The highest BCUT2D eigenvalue weighted by molar-refractivity contribution is 6.22. The Morgan fingerprint density at radius 2 is 1.61 bits per heavy atom. The molecule has 2 aromatic rings. The van der Waals surface area contributed by atoms with Crippen LogP contribution in [0, 0.1) is 13.8 Å². The van der Waals surface area contributed by atoms with Gasteiger partial charge in [-0.1, -0.05) is 0 Å². The van der Waals surface area contributed by atoms with Crippen molar-refractivity contribution in [3.63, 3.8) is 0 Å². The third-order valence-electron chi connectivity index (χ3n) is 6.51. The number of amides is 4. The predicted octanol–water partition coefficient (Wildman–Crippen LogP) is 1.77. The quantitative estimate of drug-likeness (QED) is 0.646. The van der Waals surface area contributed by atoms with Gasteiger partial charge in [0.25, 0.3) is 5.91 Å². The maximum atomic E-state index is 12.8. The number of benzene rings is 1. The summed E-state index contributed by atoms with van der Waals surface area (Å²) in [7, 11) is 1.55. The number of imide groups is 1. The molecule has 2 aliphatic heterocycles. The number of urea groups is 1. The van der Waals surface area contributed by atoms with Crippen molar-refractivity contribution in [1.29, 1.82) is 0 Å². The van der Waals surface area contributed by atoms with Gasteiger partial charge >= 0.3 is 6.03 Å². The van der Waals surface area contributed by atoms with E-state index in [1.54, 1.807) is 36.3 Å². The number of aryl methyl sites for hydroxylation is 2. The van der Waals surface area contributed by atoms with E-state index in [2.05, 4.69) is 40.8 Å². The third-order valence-corrected chi connectivity index (χ3v) is 6.51. The van der Waals surface area contributed by atoms with Crippen LogP contribution in [-0.2, 0) is 16.1 Å². The monoisotopic (exact) mass is 453 g/mol. The summed E-state index contributed by atoms with van der Waals surface area (Å²) in [5.74, 6) is 0.117. The smallest absolute Gasteiger partial charge is 0.329 e. The van der Waals surface area contributed by atoms with Crippen LogP contribution < -0.4 is 15.0 Å². The molecule has 9 nitrogen and oxygen atoms in total. The van der Waals surface area contributed by atoms with E-state index >= 15 is 0 Å². The number of ether oxygens (including phenoxy) is 1. The molecule has 1 atom stereocenters. The zero-order valence-electron chi connectivity index (χ0n) is 19.4. The second kappa shape index (κ2) is 9.66. The van der Waals surface area contributed by atoms with Gasteiger partial charge in [0.05, 0.1) is 19.2 Å². The molecule has 2 fully saturated rings. The molecular weight excluding hydrogens is 422 g/mol. The lowest BCUT2D eigenvalue weighted by Crippen LogP contribution is -2.50. The van der Waals surface area contributed by atoms with E-state index in [-0.39, 0.29) is 12.3 Å². The van der Waals surface area contributed by atoms with Crippen LogP contribution in [0.3, 0.4) is 0 Å². The van der Waals surface area contributed by atoms with Gasteiger partial charge in [0.1, 0.15) is 11.8 Å². The van der Waals surface area contributed by atoms with Crippen LogP contribution >= 0.6 is 0 Å². The Hall–Kier alpha value is -3.33. The molecule has 4 rings (SSSR count). The molecule has 2 saturated heterocycles. The largest absolute Gasteiger partial charge is 0.497 e. The fourth-order valence-corrected chi connectivity index (χ4v) is 4.46. The summed E-state index contributed by atoms with van der Waals surface area (Å²) in [5.41, 5.74) is 2.97. The summed E-state index contributed by atoms with van der Waals surface area (Å²) in [6, 6.07) is 9.58. The first-order valence-electron chi connectivity index (χ1n) is 11.3. The molecule has 1 aromatic heterocycles. The summed E-state index contributed by atoms with van der Waals surface area (Å²) in [6.07, 6.45) is -0.0288. The Morgan fingerprint density at radius 1 is 0.970 bits per heavy atom. The molecular formula is C24H31N5O4. The van der Waals surface area contributed by atoms with Crippen LogP contribution in [0.1, 0.15) is 17.8 Å². The number of piperazine rings is 1. The predicted molar refractivity (Wildman–Crippen MR) is 124 cm³/mol. The van der Waals surface area contributed by atoms with Gasteiger partial charge in [-0.2, -0.15) is 0 Å². The van der Waals surface area contributed by atoms with Crippen LogP contribution in [0.15, 0.2) is 36.4 Å². The first-order chi connectivity index (χ1) is 15.9. The van der Waals surface area contributed by atoms with Gasteiger partial charge in [0.2, 0.25) is 5.91 Å². The van der Waals surface area contributed by atoms with E-state index in [0.717, 1.165) is 31.1 Å². The van der Waals surface area contributed by atoms with E-state index in [1.165, 1.54) is 11.4 Å². The number of carbonyl (C=O) groups is 3. The number of hydrogen-bond acceptors (Lipinski definition) is 5. The normalized spacial score (nSPS) is 19.2. The Morgan fingerprint density at radius 3 is 2.21 bits per heavy atom. The van der Waals surface area contributed by atoms with Gasteiger partial charge in [0, 0.05) is 50.7 Å². The van der Waals surface area contributed by atoms with Crippen molar-refractivity contribution in [3.8, 4) is 5.75 Å². The standard InChI is InChI=1S/C24H31N5O4/c1-17-4-5-18(2)28(17)15-12-26-10-13-27(14-11-26)22(30)16-21-23(31)29(24(32)25-21)19-6-8-20(33-3)9-7-19/h4-9,21H,10-16H2,1-3H3,(H,25,32)/t21-/m1/s1. The van der Waals surface area contributed by atoms with Crippen LogP contribution in [-0.4, -0.2) is 78.1 Å². The van der Waals surface area contributed by atoms with Gasteiger partial charge in [-0.05, 0) is 50.2 Å². The minimum absolute atomic E-state index is 0.0288. The molecule has 33 heavy (non-hydrogen) atoms. The molecule has 3 heterocycles. The number of rotatable bonds is 7. The highest BCUT2D eigenvalue weighted by Crippen LogP contribution is 2.24. The fourth-order valence-electron chi connectivity index (χ4n) is 4.46. The molecule has 9 heteroatoms. The van der Waals surface area contributed by atoms with E-state index < -0.39 is 18.0 Å². The zero-order valence-corrected chi connectivity index (χ0v) is 19.4. The van der Waals surface area contributed by atoms with Crippen molar-refractivity contribution in [1.82, 2.24) is 19.7 Å². The summed E-state index contributed by atoms with van der Waals surface area (Å²) in [6.45, 7) is 8.95. The molecule has 2 aliphatic rings. The van der Waals surface area contributed by atoms with E-state index in [1.807, 2.05) is 0 Å². The Bertz CT molecular complexity index is 1000. The van der Waals surface area contributed by atoms with Crippen LogP contribution in [0.2, 0.25) is 0 Å². The Labute approximate surface area is 193 Å². The Kier molecular flexibility index (Phi) is 6.69. The number of carbonyl (C=O) groups excluding carboxylic acids is 3. The van der Waals surface area contributed by atoms with Gasteiger partial charge in [-0.25, -0.2) is 9.69 Å². The van der Waals surface area contributed by atoms with Gasteiger partial charge < -0.3 is 19.5 Å². The summed E-state index contributed by atoms with van der Waals surface area (Å²) in [5, 5.41) is 2.65. The van der Waals surface area contributed by atoms with Crippen molar-refractivity contribution in [3.05, 3.63) is 47.8 Å². The van der Waals surface area contributed by atoms with Gasteiger partial charge in [0.15, 0.2) is 0 Å². The van der Waals surface area contributed by atoms with E-state index in [4.69, 9.17) is 4.74 Å². The average molecular weight is 454 g/mol. The van der Waals surface area contributed by atoms with Crippen LogP contribution in [0.4, 0.5) is 10.5 Å². The van der Waals surface area contributed by atoms with Crippen molar-refractivity contribution < 1.29 is 19.1 Å². The molecule has 0 bridgehead atoms. The summed E-state index contributed by atoms with van der Waals surface area (Å²) >= 11 is 0. The first kappa shape index (κ1) is 22.8. The van der Waals surface area contributed by atoms with Crippen molar-refractivity contribution in [2.45, 2.75) is 32.9 Å². The topological polar surface area (TPSA) is 87.1 Å². The molecule has 1 aromatic carbocycles. The lowest BCUT2D eigenvalue weighted by atomic mass is 10.1. The van der Waals surface area contributed by atoms with Crippen molar-refractivity contribution >= 4 is 23.5 Å². The average Bonchev–Trinajstić information content (AvgIpc) is 3.29. The lowest BCUT2D eigenvalue weighted by molar-refractivity contribution is -0.135. The molecule has 176 valence electrons. The van der Waals surface area contributed by atoms with Crippen LogP contribution in [0.5, 0.6) is 5.75 Å². The first-order valence-corrected chi connectivity index (χ1v) is 11.3. The number of nitrogens with zero attached hydrogens (tertiary/aromatic N) is 4. The molecule has 1 N–H and O–H groups in total. The lowest BCUT2D eigenvalue weighted by Gasteiger charge is -2.35. The summed E-state index contributed by atoms with van der Waals surface area (Å²) < 4.78 is 7.43. The molecule has 0 unspecified atom stereocenters. The highest BCUT2D eigenvalue weighted by atomic mass is 16.5.